The van der Waals surface area contributed by atoms with Crippen LogP contribution in [-0.4, -0.2) is 49.0 Å². The van der Waals surface area contributed by atoms with Crippen LogP contribution in [0.1, 0.15) is 43.5 Å². The van der Waals surface area contributed by atoms with Gasteiger partial charge in [0, 0.05) is 42.5 Å². The second-order valence-electron chi connectivity index (χ2n) is 9.56. The van der Waals surface area contributed by atoms with Crippen LogP contribution in [0, 0.1) is 11.3 Å². The van der Waals surface area contributed by atoms with Crippen LogP contribution in [0.2, 0.25) is 0 Å². The summed E-state index contributed by atoms with van der Waals surface area (Å²) >= 11 is 0. The van der Waals surface area contributed by atoms with Crippen molar-refractivity contribution in [1.29, 1.82) is 0 Å². The van der Waals surface area contributed by atoms with Crippen molar-refractivity contribution in [3.8, 4) is 0 Å². The third-order valence-electron chi connectivity index (χ3n) is 6.56. The normalized spacial score (nSPS) is 16.1. The number of benzene rings is 2. The van der Waals surface area contributed by atoms with E-state index in [0.29, 0.717) is 35.8 Å². The molecule has 0 aliphatic carbocycles. The van der Waals surface area contributed by atoms with E-state index in [2.05, 4.69) is 23.6 Å². The Morgan fingerprint density at radius 3 is 2.41 bits per heavy atom. The molecule has 3 aromatic rings. The summed E-state index contributed by atoms with van der Waals surface area (Å²) in [7, 11) is -3.85. The molecule has 34 heavy (non-hydrogen) atoms. The van der Waals surface area contributed by atoms with Crippen LogP contribution in [-0.2, 0) is 10.0 Å². The van der Waals surface area contributed by atoms with Gasteiger partial charge in [-0.3, -0.25) is 14.5 Å². The van der Waals surface area contributed by atoms with Gasteiger partial charge in [-0.2, -0.15) is 0 Å². The number of aromatic nitrogens is 1. The average molecular weight is 482 g/mol. The maximum Gasteiger partial charge on any atom is 0.264 e. The number of carbonyl (C=O) groups excluding carboxylic acids is 1. The van der Waals surface area contributed by atoms with Crippen molar-refractivity contribution in [3.63, 3.8) is 0 Å². The van der Waals surface area contributed by atoms with E-state index in [-0.39, 0.29) is 22.8 Å². The molecule has 0 bridgehead atoms. The minimum atomic E-state index is -3.85. The summed E-state index contributed by atoms with van der Waals surface area (Å²) in [6.07, 6.45) is 4.08. The molecule has 4 rings (SSSR count). The summed E-state index contributed by atoms with van der Waals surface area (Å²) in [5.74, 6) is 0.416. The first-order valence-electron chi connectivity index (χ1n) is 11.6. The zero-order valence-electron chi connectivity index (χ0n) is 19.6. The van der Waals surface area contributed by atoms with Crippen LogP contribution in [0.4, 0.5) is 5.69 Å². The van der Waals surface area contributed by atoms with Crippen LogP contribution in [0.25, 0.3) is 10.9 Å². The molecule has 1 fully saturated rings. The number of hydrogen-bond donors (Lipinski definition) is 2. The number of amides is 1. The second-order valence-corrected chi connectivity index (χ2v) is 11.2. The lowest BCUT2D eigenvalue weighted by molar-refractivity contribution is 0.0247. The van der Waals surface area contributed by atoms with Gasteiger partial charge in [0.1, 0.15) is 4.90 Å². The molecule has 7 nitrogen and oxygen atoms in total. The van der Waals surface area contributed by atoms with Crippen molar-refractivity contribution >= 4 is 32.5 Å². The van der Waals surface area contributed by atoms with Gasteiger partial charge >= 0.3 is 0 Å². The highest BCUT2D eigenvalue weighted by Gasteiger charge is 2.36. The van der Waals surface area contributed by atoms with Crippen LogP contribution < -0.4 is 4.72 Å². The Kier molecular flexibility index (Phi) is 6.91. The van der Waals surface area contributed by atoms with Crippen molar-refractivity contribution in [2.24, 2.45) is 11.3 Å². The highest BCUT2D eigenvalue weighted by atomic mass is 32.2. The SMILES string of the molecule is CC(C)CC1(CO)CCN(C(=O)c2ccc(NS(=O)(=O)c3cccc4cccnc34)cc2)CC1. The molecule has 1 saturated heterocycles. The molecule has 0 saturated carbocycles. The fourth-order valence-electron chi connectivity index (χ4n) is 4.84. The minimum absolute atomic E-state index is 0.0799. The quantitative estimate of drug-likeness (QED) is 0.524. The molecule has 1 aromatic heterocycles. The number of aliphatic hydroxyl groups is 1. The van der Waals surface area contributed by atoms with Gasteiger partial charge in [-0.25, -0.2) is 8.42 Å². The van der Waals surface area contributed by atoms with Crippen LogP contribution in [0.3, 0.4) is 0 Å². The Bertz CT molecular complexity index is 1260. The van der Waals surface area contributed by atoms with E-state index in [4.69, 9.17) is 0 Å². The van der Waals surface area contributed by atoms with E-state index in [1.165, 1.54) is 6.07 Å². The largest absolute Gasteiger partial charge is 0.396 e. The lowest BCUT2D eigenvalue weighted by Crippen LogP contribution is -2.45. The van der Waals surface area contributed by atoms with E-state index in [1.807, 2.05) is 17.0 Å². The van der Waals surface area contributed by atoms with Gasteiger partial charge in [-0.15, -0.1) is 0 Å². The zero-order chi connectivity index (χ0) is 24.3. The molecule has 2 N–H and O–H groups in total. The number of carbonyl (C=O) groups is 1. The molecule has 1 amide bonds. The number of nitrogens with zero attached hydrogens (tertiary/aromatic N) is 2. The van der Waals surface area contributed by atoms with Crippen molar-refractivity contribution in [1.82, 2.24) is 9.88 Å². The zero-order valence-corrected chi connectivity index (χ0v) is 20.4. The molecule has 2 heterocycles. The first-order chi connectivity index (χ1) is 16.2. The summed E-state index contributed by atoms with van der Waals surface area (Å²) in [6, 6.07) is 15.1. The Hall–Kier alpha value is -2.97. The van der Waals surface area contributed by atoms with E-state index in [9.17, 15) is 18.3 Å². The predicted octanol–water partition coefficient (Wildman–Crippen LogP) is 4.30. The Morgan fingerprint density at radius 1 is 1.09 bits per heavy atom. The number of nitrogens with one attached hydrogen (secondary N) is 1. The van der Waals surface area contributed by atoms with Gasteiger partial charge in [-0.1, -0.05) is 32.0 Å². The molecule has 0 radical (unpaired) electrons. The van der Waals surface area contributed by atoms with Crippen molar-refractivity contribution in [2.75, 3.05) is 24.4 Å². The third kappa shape index (κ3) is 5.08. The number of hydrogen-bond acceptors (Lipinski definition) is 5. The number of pyridine rings is 1. The van der Waals surface area contributed by atoms with Gasteiger partial charge in [0.05, 0.1) is 5.52 Å². The molecule has 1 aliphatic heterocycles. The molecule has 8 heteroatoms. The molecule has 0 unspecified atom stereocenters. The molecular weight excluding hydrogens is 450 g/mol. The molecule has 180 valence electrons. The summed E-state index contributed by atoms with van der Waals surface area (Å²) in [4.78, 5) is 19.1. The van der Waals surface area contributed by atoms with Crippen molar-refractivity contribution in [3.05, 3.63) is 66.4 Å². The highest BCUT2D eigenvalue weighted by Crippen LogP contribution is 2.37. The average Bonchev–Trinajstić information content (AvgIpc) is 2.83. The van der Waals surface area contributed by atoms with E-state index < -0.39 is 10.0 Å². The van der Waals surface area contributed by atoms with E-state index >= 15 is 0 Å². The highest BCUT2D eigenvalue weighted by molar-refractivity contribution is 7.93. The van der Waals surface area contributed by atoms with Crippen LogP contribution in [0.5, 0.6) is 0 Å². The maximum atomic E-state index is 13.0. The molecule has 0 spiro atoms. The molecule has 0 atom stereocenters. The van der Waals surface area contributed by atoms with Gasteiger partial charge in [0.2, 0.25) is 0 Å². The molecule has 2 aromatic carbocycles. The smallest absolute Gasteiger partial charge is 0.264 e. The standard InChI is InChI=1S/C26H31N3O4S/c1-19(2)17-26(18-30)12-15-29(16-13-26)25(31)21-8-10-22(11-9-21)28-34(32,33)23-7-3-5-20-6-4-14-27-24(20)23/h3-11,14,19,28,30H,12-13,15-18H2,1-2H3. The fourth-order valence-corrected chi connectivity index (χ4v) is 6.08. The number of sulfonamides is 1. The number of aliphatic hydroxyl groups excluding tert-OH is 1. The number of likely N-dealkylation sites (tertiary alicyclic amines) is 1. The molecule has 1 aliphatic rings. The maximum absolute atomic E-state index is 13.0. The second kappa shape index (κ2) is 9.72. The van der Waals surface area contributed by atoms with Gasteiger partial charge in [0.25, 0.3) is 15.9 Å². The number of anilines is 1. The number of piperidine rings is 1. The van der Waals surface area contributed by atoms with Crippen LogP contribution in [0.15, 0.2) is 65.7 Å². The monoisotopic (exact) mass is 481 g/mol. The van der Waals surface area contributed by atoms with Crippen molar-refractivity contribution in [2.45, 2.75) is 38.0 Å². The number of rotatable bonds is 7. The van der Waals surface area contributed by atoms with E-state index in [1.54, 1.807) is 42.6 Å². The van der Waals surface area contributed by atoms with Gasteiger partial charge < -0.3 is 10.0 Å². The first kappa shape index (κ1) is 24.2. The predicted molar refractivity (Wildman–Crippen MR) is 133 cm³/mol. The molecular formula is C26H31N3O4S. The Labute approximate surface area is 200 Å². The lowest BCUT2D eigenvalue weighted by atomic mass is 9.73. The Morgan fingerprint density at radius 2 is 1.76 bits per heavy atom. The number of para-hydroxylation sites is 1. The first-order valence-corrected chi connectivity index (χ1v) is 13.1. The minimum Gasteiger partial charge on any atom is -0.396 e. The van der Waals surface area contributed by atoms with Crippen LogP contribution >= 0.6 is 0 Å². The summed E-state index contributed by atoms with van der Waals surface area (Å²) in [6.45, 7) is 5.67. The van der Waals surface area contributed by atoms with Gasteiger partial charge in [0.15, 0.2) is 0 Å². The van der Waals surface area contributed by atoms with E-state index in [0.717, 1.165) is 24.6 Å². The topological polar surface area (TPSA) is 99.6 Å². The summed E-state index contributed by atoms with van der Waals surface area (Å²) < 4.78 is 28.6. The van der Waals surface area contributed by atoms with Gasteiger partial charge in [-0.05, 0) is 67.0 Å². The fraction of sp³-hybridized carbons (Fsp3) is 0.385. The summed E-state index contributed by atoms with van der Waals surface area (Å²) in [5.41, 5.74) is 1.18. The Balaban J connectivity index is 1.45. The number of fused-ring (bicyclic) bond motifs is 1. The summed E-state index contributed by atoms with van der Waals surface area (Å²) in [5, 5.41) is 10.7. The third-order valence-corrected chi connectivity index (χ3v) is 7.97. The lowest BCUT2D eigenvalue weighted by Gasteiger charge is -2.41. The van der Waals surface area contributed by atoms with Crippen molar-refractivity contribution < 1.29 is 18.3 Å².